The van der Waals surface area contributed by atoms with E-state index in [1.165, 1.54) is 32.1 Å². The van der Waals surface area contributed by atoms with Crippen LogP contribution in [0.3, 0.4) is 0 Å². The zero-order chi connectivity index (χ0) is 20.4. The molecular weight excluding hydrogens is 350 g/mol. The lowest BCUT2D eigenvalue weighted by atomic mass is 10.1. The zero-order valence-electron chi connectivity index (χ0n) is 17.9. The van der Waals surface area contributed by atoms with E-state index in [9.17, 15) is 9.59 Å². The molecule has 2 amide bonds. The monoisotopic (exact) mass is 387 g/mol. The molecule has 0 spiro atoms. The fourth-order valence-electron chi connectivity index (χ4n) is 3.73. The first kappa shape index (κ1) is 22.3. The summed E-state index contributed by atoms with van der Waals surface area (Å²) in [4.78, 5) is 29.1. The predicted octanol–water partition coefficient (Wildman–Crippen LogP) is 5.07. The molecule has 156 valence electrons. The van der Waals surface area contributed by atoms with Crippen molar-refractivity contribution >= 4 is 23.2 Å². The van der Waals surface area contributed by atoms with Crippen LogP contribution in [-0.2, 0) is 4.79 Å². The number of amides is 2. The molecule has 0 aliphatic carbocycles. The molecule has 0 unspecified atom stereocenters. The number of benzene rings is 1. The number of hydrogen-bond acceptors (Lipinski definition) is 3. The predicted molar refractivity (Wildman–Crippen MR) is 117 cm³/mol. The van der Waals surface area contributed by atoms with Crippen molar-refractivity contribution in [3.63, 3.8) is 0 Å². The highest BCUT2D eigenvalue weighted by molar-refractivity contribution is 6.02. The van der Waals surface area contributed by atoms with E-state index in [0.29, 0.717) is 17.7 Å². The van der Waals surface area contributed by atoms with Gasteiger partial charge in [0.25, 0.3) is 5.91 Å². The van der Waals surface area contributed by atoms with Crippen molar-refractivity contribution in [1.82, 2.24) is 4.90 Å². The third kappa shape index (κ3) is 6.84. The zero-order valence-corrected chi connectivity index (χ0v) is 17.9. The average Bonchev–Trinajstić information content (AvgIpc) is 3.21. The van der Waals surface area contributed by atoms with E-state index in [1.54, 1.807) is 0 Å². The number of hydrogen-bond donors (Lipinski definition) is 1. The number of rotatable bonds is 11. The molecule has 1 N–H and O–H groups in total. The molecule has 2 rings (SSSR count). The fourth-order valence-corrected chi connectivity index (χ4v) is 3.73. The molecule has 0 radical (unpaired) electrons. The molecule has 0 saturated carbocycles. The van der Waals surface area contributed by atoms with Crippen molar-refractivity contribution in [3.05, 3.63) is 23.8 Å². The highest BCUT2D eigenvalue weighted by atomic mass is 16.2. The maximum Gasteiger partial charge on any atom is 0.256 e. The van der Waals surface area contributed by atoms with Gasteiger partial charge in [-0.25, -0.2) is 0 Å². The minimum absolute atomic E-state index is 0.0331. The van der Waals surface area contributed by atoms with Crippen molar-refractivity contribution in [1.29, 1.82) is 0 Å². The van der Waals surface area contributed by atoms with E-state index in [-0.39, 0.29) is 11.8 Å². The lowest BCUT2D eigenvalue weighted by molar-refractivity contribution is -0.116. The van der Waals surface area contributed by atoms with E-state index < -0.39 is 0 Å². The van der Waals surface area contributed by atoms with Crippen LogP contribution in [-0.4, -0.2) is 43.9 Å². The van der Waals surface area contributed by atoms with E-state index in [2.05, 4.69) is 12.2 Å². The fraction of sp³-hybridized carbons (Fsp3) is 0.652. The van der Waals surface area contributed by atoms with Crippen molar-refractivity contribution in [2.24, 2.45) is 0 Å². The van der Waals surface area contributed by atoms with Gasteiger partial charge in [0.2, 0.25) is 5.91 Å². The van der Waals surface area contributed by atoms with Gasteiger partial charge in [0.1, 0.15) is 0 Å². The SMILES string of the molecule is CCCCCCCCCC(=O)Nc1ccc(N(C)C)c(C(=O)N2CCCC2)c1. The van der Waals surface area contributed by atoms with Crippen LogP contribution < -0.4 is 10.2 Å². The van der Waals surface area contributed by atoms with Crippen molar-refractivity contribution in [2.75, 3.05) is 37.4 Å². The van der Waals surface area contributed by atoms with E-state index >= 15 is 0 Å². The van der Waals surface area contributed by atoms with Gasteiger partial charge in [-0.3, -0.25) is 9.59 Å². The first-order valence-corrected chi connectivity index (χ1v) is 10.9. The Balaban J connectivity index is 1.89. The van der Waals surface area contributed by atoms with Gasteiger partial charge in [0, 0.05) is 45.0 Å². The number of nitrogens with zero attached hydrogens (tertiary/aromatic N) is 2. The molecule has 0 bridgehead atoms. The second-order valence-corrected chi connectivity index (χ2v) is 8.05. The Morgan fingerprint density at radius 3 is 2.29 bits per heavy atom. The second kappa shape index (κ2) is 11.7. The van der Waals surface area contributed by atoms with Gasteiger partial charge in [-0.1, -0.05) is 45.4 Å². The molecule has 1 aromatic carbocycles. The number of nitrogens with one attached hydrogen (secondary N) is 1. The minimum atomic E-state index is 0.0331. The van der Waals surface area contributed by atoms with Crippen molar-refractivity contribution in [2.45, 2.75) is 71.1 Å². The number of likely N-dealkylation sites (tertiary alicyclic amines) is 1. The molecule has 1 heterocycles. The van der Waals surface area contributed by atoms with Gasteiger partial charge in [0.15, 0.2) is 0 Å². The molecule has 1 aliphatic rings. The first-order valence-electron chi connectivity index (χ1n) is 10.9. The van der Waals surface area contributed by atoms with Crippen LogP contribution in [0.2, 0.25) is 0 Å². The Morgan fingerprint density at radius 2 is 1.64 bits per heavy atom. The van der Waals surface area contributed by atoms with Crippen LogP contribution in [0.5, 0.6) is 0 Å². The molecule has 5 heteroatoms. The largest absolute Gasteiger partial charge is 0.377 e. The summed E-state index contributed by atoms with van der Waals surface area (Å²) in [6, 6.07) is 5.64. The average molecular weight is 388 g/mol. The lowest BCUT2D eigenvalue weighted by Gasteiger charge is -2.22. The van der Waals surface area contributed by atoms with Crippen LogP contribution in [0.4, 0.5) is 11.4 Å². The van der Waals surface area contributed by atoms with Gasteiger partial charge >= 0.3 is 0 Å². The molecule has 0 atom stereocenters. The number of carbonyl (C=O) groups is 2. The van der Waals surface area contributed by atoms with Gasteiger partial charge in [-0.05, 0) is 37.5 Å². The summed E-state index contributed by atoms with van der Waals surface area (Å²) in [5.41, 5.74) is 2.27. The third-order valence-corrected chi connectivity index (χ3v) is 5.39. The summed E-state index contributed by atoms with van der Waals surface area (Å²) in [5.74, 6) is 0.0927. The standard InChI is InChI=1S/C23H37N3O2/c1-4-5-6-7-8-9-10-13-22(27)24-19-14-15-21(25(2)3)20(18-19)23(28)26-16-11-12-17-26/h14-15,18H,4-13,16-17H2,1-3H3,(H,24,27). The minimum Gasteiger partial charge on any atom is -0.377 e. The number of anilines is 2. The maximum absolute atomic E-state index is 12.9. The number of unbranched alkanes of at least 4 members (excludes halogenated alkanes) is 6. The van der Waals surface area contributed by atoms with Crippen LogP contribution in [0.15, 0.2) is 18.2 Å². The third-order valence-electron chi connectivity index (χ3n) is 5.39. The Hall–Kier alpha value is -2.04. The summed E-state index contributed by atoms with van der Waals surface area (Å²) in [5, 5.41) is 2.98. The summed E-state index contributed by atoms with van der Waals surface area (Å²) in [6.45, 7) is 3.86. The first-order chi connectivity index (χ1) is 13.5. The van der Waals surface area contributed by atoms with Crippen LogP contribution in [0.1, 0.15) is 81.5 Å². The summed E-state index contributed by atoms with van der Waals surface area (Å²) >= 11 is 0. The highest BCUT2D eigenvalue weighted by Gasteiger charge is 2.23. The Morgan fingerprint density at radius 1 is 1.00 bits per heavy atom. The Bertz CT molecular complexity index is 637. The van der Waals surface area contributed by atoms with E-state index in [0.717, 1.165) is 44.5 Å². The van der Waals surface area contributed by atoms with Gasteiger partial charge in [0.05, 0.1) is 5.56 Å². The summed E-state index contributed by atoms with van der Waals surface area (Å²) in [7, 11) is 3.88. The molecule has 1 saturated heterocycles. The van der Waals surface area contributed by atoms with Gasteiger partial charge < -0.3 is 15.1 Å². The van der Waals surface area contributed by atoms with E-state index in [1.807, 2.05) is 42.1 Å². The quantitative estimate of drug-likeness (QED) is 0.540. The normalized spacial score (nSPS) is 13.6. The van der Waals surface area contributed by atoms with Gasteiger partial charge in [-0.15, -0.1) is 0 Å². The highest BCUT2D eigenvalue weighted by Crippen LogP contribution is 2.26. The molecule has 0 aromatic heterocycles. The maximum atomic E-state index is 12.9. The smallest absolute Gasteiger partial charge is 0.256 e. The van der Waals surface area contributed by atoms with Crippen molar-refractivity contribution in [3.8, 4) is 0 Å². The molecule has 1 fully saturated rings. The Labute approximate surface area is 170 Å². The summed E-state index contributed by atoms with van der Waals surface area (Å²) in [6.07, 6.45) is 11.0. The molecule has 1 aliphatic heterocycles. The van der Waals surface area contributed by atoms with E-state index in [4.69, 9.17) is 0 Å². The van der Waals surface area contributed by atoms with Gasteiger partial charge in [-0.2, -0.15) is 0 Å². The molecule has 28 heavy (non-hydrogen) atoms. The van der Waals surface area contributed by atoms with Crippen LogP contribution >= 0.6 is 0 Å². The van der Waals surface area contributed by atoms with Crippen LogP contribution in [0, 0.1) is 0 Å². The Kier molecular flexibility index (Phi) is 9.32. The second-order valence-electron chi connectivity index (χ2n) is 8.05. The molecule has 1 aromatic rings. The number of carbonyl (C=O) groups excluding carboxylic acids is 2. The topological polar surface area (TPSA) is 52.7 Å². The molecular formula is C23H37N3O2. The van der Waals surface area contributed by atoms with Crippen LogP contribution in [0.25, 0.3) is 0 Å². The molecule has 5 nitrogen and oxygen atoms in total. The summed E-state index contributed by atoms with van der Waals surface area (Å²) < 4.78 is 0. The lowest BCUT2D eigenvalue weighted by Crippen LogP contribution is -2.29. The van der Waals surface area contributed by atoms with Crippen molar-refractivity contribution < 1.29 is 9.59 Å².